The molecule has 4 nitrogen and oxygen atoms in total. The largest absolute Gasteiger partial charge is 0.310 e. The highest BCUT2D eigenvalue weighted by molar-refractivity contribution is 7.89. The first kappa shape index (κ1) is 16.4. The van der Waals surface area contributed by atoms with E-state index in [-0.39, 0.29) is 10.7 Å². The van der Waals surface area contributed by atoms with Gasteiger partial charge in [-0.3, -0.25) is 0 Å². The minimum absolute atomic E-state index is 0.171. The fraction of sp³-hybridized carbons (Fsp3) is 0.600. The highest BCUT2D eigenvalue weighted by Crippen LogP contribution is 2.24. The molecule has 1 fully saturated rings. The van der Waals surface area contributed by atoms with Gasteiger partial charge in [-0.05, 0) is 43.9 Å². The summed E-state index contributed by atoms with van der Waals surface area (Å²) in [6, 6.07) is 3.32. The quantitative estimate of drug-likeness (QED) is 0.841. The van der Waals surface area contributed by atoms with Crippen molar-refractivity contribution in [1.29, 1.82) is 0 Å². The summed E-state index contributed by atoms with van der Waals surface area (Å²) in [5.74, 6) is -0.319. The summed E-state index contributed by atoms with van der Waals surface area (Å²) < 4.78 is 40.4. The summed E-state index contributed by atoms with van der Waals surface area (Å²) in [4.78, 5) is 0.171. The maximum Gasteiger partial charge on any atom is 0.242 e. The zero-order valence-corrected chi connectivity index (χ0v) is 13.6. The van der Waals surface area contributed by atoms with Gasteiger partial charge in [-0.25, -0.2) is 17.1 Å². The maximum atomic E-state index is 14.1. The van der Waals surface area contributed by atoms with Crippen LogP contribution in [0.2, 0.25) is 0 Å². The third-order valence-electron chi connectivity index (χ3n) is 3.71. The Hall–Kier alpha value is -0.980. The average molecular weight is 314 g/mol. The van der Waals surface area contributed by atoms with Crippen LogP contribution in [-0.2, 0) is 16.6 Å². The molecule has 0 heterocycles. The van der Waals surface area contributed by atoms with Crippen LogP contribution in [0, 0.1) is 12.7 Å². The second kappa shape index (κ2) is 6.42. The van der Waals surface area contributed by atoms with Crippen molar-refractivity contribution in [2.45, 2.75) is 50.6 Å². The van der Waals surface area contributed by atoms with Gasteiger partial charge in [-0.1, -0.05) is 6.92 Å². The Morgan fingerprint density at radius 3 is 2.62 bits per heavy atom. The van der Waals surface area contributed by atoms with E-state index in [1.807, 2.05) is 6.92 Å². The van der Waals surface area contributed by atoms with E-state index in [0.717, 1.165) is 19.3 Å². The predicted molar refractivity (Wildman–Crippen MR) is 81.1 cm³/mol. The molecule has 0 spiro atoms. The molecule has 1 aliphatic carbocycles. The standard InChI is InChI=1S/C15H23FN2O2S/c1-4-7-18(3)21(19,20)14-8-11(2)15(16)12(9-14)10-17-13-5-6-13/h8-9,13,17H,4-7,10H2,1-3H3. The molecule has 0 amide bonds. The van der Waals surface area contributed by atoms with Crippen LogP contribution in [0.4, 0.5) is 4.39 Å². The third-order valence-corrected chi connectivity index (χ3v) is 5.54. The van der Waals surface area contributed by atoms with Crippen LogP contribution in [0.25, 0.3) is 0 Å². The van der Waals surface area contributed by atoms with Gasteiger partial charge in [0.1, 0.15) is 5.82 Å². The molecule has 6 heteroatoms. The monoisotopic (exact) mass is 314 g/mol. The van der Waals surface area contributed by atoms with Crippen molar-refractivity contribution in [2.24, 2.45) is 0 Å². The second-order valence-electron chi connectivity index (χ2n) is 5.70. The molecule has 2 rings (SSSR count). The molecule has 0 bridgehead atoms. The first-order chi connectivity index (χ1) is 9.86. The van der Waals surface area contributed by atoms with Gasteiger partial charge in [0.25, 0.3) is 0 Å². The molecule has 0 atom stereocenters. The SMILES string of the molecule is CCCN(C)S(=O)(=O)c1cc(C)c(F)c(CNC2CC2)c1. The van der Waals surface area contributed by atoms with E-state index in [1.54, 1.807) is 14.0 Å². The normalized spacial score (nSPS) is 15.7. The van der Waals surface area contributed by atoms with Gasteiger partial charge in [0.2, 0.25) is 10.0 Å². The Bertz CT molecular complexity index is 612. The molecule has 0 unspecified atom stereocenters. The molecular weight excluding hydrogens is 291 g/mol. The number of hydrogen-bond donors (Lipinski definition) is 1. The zero-order valence-electron chi connectivity index (χ0n) is 12.8. The Kier molecular flexibility index (Phi) is 5.01. The van der Waals surface area contributed by atoms with E-state index in [0.29, 0.717) is 30.3 Å². The average Bonchev–Trinajstić information content (AvgIpc) is 3.24. The van der Waals surface area contributed by atoms with E-state index in [9.17, 15) is 12.8 Å². The molecule has 0 saturated heterocycles. The number of benzene rings is 1. The lowest BCUT2D eigenvalue weighted by atomic mass is 10.1. The van der Waals surface area contributed by atoms with Gasteiger partial charge in [-0.15, -0.1) is 0 Å². The summed E-state index contributed by atoms with van der Waals surface area (Å²) >= 11 is 0. The summed E-state index contributed by atoms with van der Waals surface area (Å²) in [7, 11) is -1.99. The number of sulfonamides is 1. The number of nitrogens with zero attached hydrogens (tertiary/aromatic N) is 1. The Labute approximate surface area is 126 Å². The molecule has 0 aromatic heterocycles. The molecule has 0 aliphatic heterocycles. The molecule has 21 heavy (non-hydrogen) atoms. The predicted octanol–water partition coefficient (Wildman–Crippen LogP) is 2.42. The Balaban J connectivity index is 2.30. The summed E-state index contributed by atoms with van der Waals surface area (Å²) in [5, 5.41) is 3.23. The fourth-order valence-electron chi connectivity index (χ4n) is 2.24. The fourth-order valence-corrected chi connectivity index (χ4v) is 3.64. The molecule has 118 valence electrons. The van der Waals surface area contributed by atoms with E-state index in [1.165, 1.54) is 16.4 Å². The topological polar surface area (TPSA) is 49.4 Å². The van der Waals surface area contributed by atoms with Crippen molar-refractivity contribution < 1.29 is 12.8 Å². The first-order valence-corrected chi connectivity index (χ1v) is 8.79. The van der Waals surface area contributed by atoms with E-state index in [4.69, 9.17) is 0 Å². The van der Waals surface area contributed by atoms with E-state index >= 15 is 0 Å². The first-order valence-electron chi connectivity index (χ1n) is 7.35. The van der Waals surface area contributed by atoms with Crippen LogP contribution < -0.4 is 5.32 Å². The lowest BCUT2D eigenvalue weighted by Crippen LogP contribution is -2.28. The number of rotatable bonds is 7. The molecular formula is C15H23FN2O2S. The minimum Gasteiger partial charge on any atom is -0.310 e. The lowest BCUT2D eigenvalue weighted by Gasteiger charge is -2.18. The molecule has 1 aliphatic rings. The number of halogens is 1. The van der Waals surface area contributed by atoms with Crippen LogP contribution in [-0.4, -0.2) is 32.4 Å². The van der Waals surface area contributed by atoms with Gasteiger partial charge in [0.15, 0.2) is 0 Å². The summed E-state index contributed by atoms with van der Waals surface area (Å²) in [6.07, 6.45) is 2.96. The van der Waals surface area contributed by atoms with Gasteiger partial charge in [0, 0.05) is 31.7 Å². The molecule has 1 N–H and O–H groups in total. The molecule has 1 saturated carbocycles. The lowest BCUT2D eigenvalue weighted by molar-refractivity contribution is 0.468. The number of nitrogens with one attached hydrogen (secondary N) is 1. The van der Waals surface area contributed by atoms with Gasteiger partial charge in [0.05, 0.1) is 4.90 Å². The van der Waals surface area contributed by atoms with Crippen LogP contribution in [0.1, 0.15) is 37.3 Å². The third kappa shape index (κ3) is 3.81. The minimum atomic E-state index is -3.55. The number of aryl methyl sites for hydroxylation is 1. The maximum absolute atomic E-state index is 14.1. The molecule has 1 aromatic carbocycles. The highest BCUT2D eigenvalue weighted by Gasteiger charge is 2.24. The second-order valence-corrected chi connectivity index (χ2v) is 7.74. The van der Waals surface area contributed by atoms with E-state index < -0.39 is 10.0 Å². The molecule has 1 aromatic rings. The van der Waals surface area contributed by atoms with E-state index in [2.05, 4.69) is 5.32 Å². The van der Waals surface area contributed by atoms with Crippen LogP contribution >= 0.6 is 0 Å². The smallest absolute Gasteiger partial charge is 0.242 e. The van der Waals surface area contributed by atoms with Crippen molar-refractivity contribution in [3.8, 4) is 0 Å². The van der Waals surface area contributed by atoms with Gasteiger partial charge < -0.3 is 5.32 Å². The van der Waals surface area contributed by atoms with Crippen LogP contribution in [0.5, 0.6) is 0 Å². The van der Waals surface area contributed by atoms with Crippen molar-refractivity contribution in [3.05, 3.63) is 29.1 Å². The van der Waals surface area contributed by atoms with Crippen LogP contribution in [0.15, 0.2) is 17.0 Å². The highest BCUT2D eigenvalue weighted by atomic mass is 32.2. The summed E-state index contributed by atoms with van der Waals surface area (Å²) in [5.41, 5.74) is 0.791. The van der Waals surface area contributed by atoms with Gasteiger partial charge in [-0.2, -0.15) is 0 Å². The zero-order chi connectivity index (χ0) is 15.6. The van der Waals surface area contributed by atoms with Gasteiger partial charge >= 0.3 is 0 Å². The summed E-state index contributed by atoms with van der Waals surface area (Å²) in [6.45, 7) is 4.36. The van der Waals surface area contributed by atoms with Crippen molar-refractivity contribution in [3.63, 3.8) is 0 Å². The van der Waals surface area contributed by atoms with Crippen LogP contribution in [0.3, 0.4) is 0 Å². The Morgan fingerprint density at radius 2 is 2.05 bits per heavy atom. The molecule has 0 radical (unpaired) electrons. The van der Waals surface area contributed by atoms with Crippen molar-refractivity contribution >= 4 is 10.0 Å². The number of hydrogen-bond acceptors (Lipinski definition) is 3. The Morgan fingerprint density at radius 1 is 1.38 bits per heavy atom. The van der Waals surface area contributed by atoms with Crippen molar-refractivity contribution in [2.75, 3.05) is 13.6 Å². The van der Waals surface area contributed by atoms with Crippen molar-refractivity contribution in [1.82, 2.24) is 9.62 Å².